The van der Waals surface area contributed by atoms with E-state index in [-0.39, 0.29) is 10.6 Å². The van der Waals surface area contributed by atoms with E-state index >= 15 is 0 Å². The van der Waals surface area contributed by atoms with Crippen molar-refractivity contribution in [1.82, 2.24) is 0 Å². The molecule has 0 aliphatic heterocycles. The van der Waals surface area contributed by atoms with Gasteiger partial charge in [-0.2, -0.15) is 0 Å². The molecule has 0 saturated heterocycles. The van der Waals surface area contributed by atoms with Crippen molar-refractivity contribution in [3.8, 4) is 0 Å². The van der Waals surface area contributed by atoms with E-state index in [9.17, 15) is 8.42 Å². The Morgan fingerprint density at radius 2 is 1.62 bits per heavy atom. The fraction of sp³-hybridized carbons (Fsp3) is 0. The van der Waals surface area contributed by atoms with Gasteiger partial charge in [0.15, 0.2) is 0 Å². The van der Waals surface area contributed by atoms with E-state index in [1.165, 1.54) is 18.2 Å². The van der Waals surface area contributed by atoms with Gasteiger partial charge in [-0.05, 0) is 62.2 Å². The molecule has 2 aromatic rings. The van der Waals surface area contributed by atoms with Crippen LogP contribution in [0, 0.1) is 0 Å². The Balaban J connectivity index is 2.50. The largest absolute Gasteiger partial charge is 0.398 e. The number of hydrogen-bond donors (Lipinski definition) is 2. The Labute approximate surface area is 152 Å². The lowest BCUT2D eigenvalue weighted by Crippen LogP contribution is -2.15. The number of hydrogen-bond acceptors (Lipinski definition) is 3. The predicted molar refractivity (Wildman–Crippen MR) is 96.2 cm³/mol. The van der Waals surface area contributed by atoms with Gasteiger partial charge in [-0.3, -0.25) is 4.72 Å². The van der Waals surface area contributed by atoms with Crippen LogP contribution in [0.4, 0.5) is 11.4 Å². The number of nitrogens with one attached hydrogen (secondary N) is 1. The molecule has 0 atom stereocenters. The lowest BCUT2D eigenvalue weighted by atomic mass is 10.3. The van der Waals surface area contributed by atoms with Gasteiger partial charge in [0, 0.05) is 18.4 Å². The van der Waals surface area contributed by atoms with Gasteiger partial charge in [-0.1, -0.05) is 27.5 Å². The summed E-state index contributed by atoms with van der Waals surface area (Å²) in [5.74, 6) is 0. The summed E-state index contributed by atoms with van der Waals surface area (Å²) in [4.78, 5) is -0.0725. The number of sulfonamides is 1. The van der Waals surface area contributed by atoms with Crippen LogP contribution in [0.25, 0.3) is 0 Å². The van der Waals surface area contributed by atoms with Gasteiger partial charge in [-0.25, -0.2) is 8.42 Å². The topological polar surface area (TPSA) is 72.2 Å². The quantitative estimate of drug-likeness (QED) is 0.561. The van der Waals surface area contributed by atoms with E-state index < -0.39 is 10.0 Å². The van der Waals surface area contributed by atoms with Crippen LogP contribution in [-0.2, 0) is 10.0 Å². The number of nitrogens with two attached hydrogens (primary N) is 1. The van der Waals surface area contributed by atoms with Crippen LogP contribution < -0.4 is 10.5 Å². The van der Waals surface area contributed by atoms with Gasteiger partial charge < -0.3 is 5.73 Å². The Morgan fingerprint density at radius 3 is 2.19 bits per heavy atom. The van der Waals surface area contributed by atoms with Crippen molar-refractivity contribution < 1.29 is 8.42 Å². The molecule has 21 heavy (non-hydrogen) atoms. The third kappa shape index (κ3) is 3.92. The highest BCUT2D eigenvalue weighted by Gasteiger charge is 2.20. The minimum Gasteiger partial charge on any atom is -0.398 e. The fourth-order valence-electron chi connectivity index (χ4n) is 1.57. The smallest absolute Gasteiger partial charge is 0.264 e. The third-order valence-corrected chi connectivity index (χ3v) is 5.86. The molecule has 0 heterocycles. The minimum atomic E-state index is -3.86. The van der Waals surface area contributed by atoms with Gasteiger partial charge >= 0.3 is 0 Å². The molecule has 3 N–H and O–H groups in total. The fourth-order valence-corrected chi connectivity index (χ4v) is 5.79. The summed E-state index contributed by atoms with van der Waals surface area (Å²) in [6.45, 7) is 0. The molecule has 0 aliphatic rings. The van der Waals surface area contributed by atoms with Crippen LogP contribution in [0.15, 0.2) is 48.6 Å². The summed E-state index contributed by atoms with van der Waals surface area (Å²) in [5, 5.41) is 0.290. The van der Waals surface area contributed by atoms with E-state index in [2.05, 4.69) is 52.5 Å². The van der Waals surface area contributed by atoms with Gasteiger partial charge in [0.1, 0.15) is 4.90 Å². The third-order valence-electron chi connectivity index (χ3n) is 2.51. The van der Waals surface area contributed by atoms with Crippen molar-refractivity contribution in [2.45, 2.75) is 4.90 Å². The molecular weight excluding hydrogens is 511 g/mol. The van der Waals surface area contributed by atoms with Gasteiger partial charge in [0.25, 0.3) is 10.0 Å². The van der Waals surface area contributed by atoms with Crippen LogP contribution in [0.2, 0.25) is 5.02 Å². The second-order valence-electron chi connectivity index (χ2n) is 4.03. The lowest BCUT2D eigenvalue weighted by molar-refractivity contribution is 0.601. The van der Waals surface area contributed by atoms with Crippen LogP contribution >= 0.6 is 59.4 Å². The van der Waals surface area contributed by atoms with Crippen LogP contribution in [0.5, 0.6) is 0 Å². The highest BCUT2D eigenvalue weighted by atomic mass is 79.9. The predicted octanol–water partition coefficient (Wildman–Crippen LogP) is 5.01. The zero-order valence-corrected chi connectivity index (χ0v) is 16.5. The van der Waals surface area contributed by atoms with E-state index in [4.69, 9.17) is 17.3 Å². The van der Waals surface area contributed by atoms with E-state index in [0.717, 1.165) is 4.47 Å². The lowest BCUT2D eigenvalue weighted by Gasteiger charge is -2.13. The van der Waals surface area contributed by atoms with Crippen molar-refractivity contribution in [1.29, 1.82) is 0 Å². The molecule has 2 rings (SSSR count). The Kier molecular flexibility index (Phi) is 5.25. The Morgan fingerprint density at radius 1 is 1.05 bits per heavy atom. The first-order valence-corrected chi connectivity index (χ1v) is 9.67. The van der Waals surface area contributed by atoms with Gasteiger partial charge in [0.05, 0.1) is 11.4 Å². The molecule has 0 aliphatic carbocycles. The van der Waals surface area contributed by atoms with Crippen LogP contribution in [0.1, 0.15) is 0 Å². The molecule has 0 saturated carbocycles. The standard InChI is InChI=1S/C12H8Br3ClN2O2S/c13-6-3-8(14)12(9(15)4-6)18-21(19,20)11-5-7(16)1-2-10(11)17/h1-5,18H,17H2. The van der Waals surface area contributed by atoms with Crippen molar-refractivity contribution in [2.75, 3.05) is 10.5 Å². The average Bonchev–Trinajstić information content (AvgIpc) is 2.36. The summed E-state index contributed by atoms with van der Waals surface area (Å²) in [7, 11) is -3.86. The van der Waals surface area contributed by atoms with Crippen molar-refractivity contribution in [2.24, 2.45) is 0 Å². The van der Waals surface area contributed by atoms with Crippen molar-refractivity contribution in [3.63, 3.8) is 0 Å². The number of nitrogen functional groups attached to an aromatic ring is 1. The first kappa shape index (κ1) is 17.1. The number of halogens is 4. The highest BCUT2D eigenvalue weighted by Crippen LogP contribution is 2.36. The molecule has 0 bridgehead atoms. The zero-order chi connectivity index (χ0) is 15.8. The molecule has 0 spiro atoms. The Hall–Kier alpha value is -0.280. The molecule has 4 nitrogen and oxygen atoms in total. The summed E-state index contributed by atoms with van der Waals surface area (Å²) < 4.78 is 29.4. The molecular formula is C12H8Br3ClN2O2S. The summed E-state index contributed by atoms with van der Waals surface area (Å²) in [6.07, 6.45) is 0. The van der Waals surface area contributed by atoms with Crippen molar-refractivity contribution in [3.05, 3.63) is 48.8 Å². The average molecular weight is 519 g/mol. The molecule has 0 amide bonds. The molecule has 9 heteroatoms. The maximum Gasteiger partial charge on any atom is 0.264 e. The van der Waals surface area contributed by atoms with Crippen molar-refractivity contribution >= 4 is 80.8 Å². The second kappa shape index (κ2) is 6.45. The molecule has 0 aromatic heterocycles. The highest BCUT2D eigenvalue weighted by molar-refractivity contribution is 9.11. The Bertz CT molecular complexity index is 789. The minimum absolute atomic E-state index is 0.0725. The number of anilines is 2. The summed E-state index contributed by atoms with van der Waals surface area (Å²) in [6, 6.07) is 7.73. The second-order valence-corrected chi connectivity index (χ2v) is 8.74. The normalized spacial score (nSPS) is 11.4. The molecule has 0 fully saturated rings. The first-order valence-electron chi connectivity index (χ1n) is 5.43. The van der Waals surface area contributed by atoms with E-state index in [1.807, 2.05) is 0 Å². The summed E-state index contributed by atoms with van der Waals surface area (Å²) in [5.41, 5.74) is 6.21. The maximum absolute atomic E-state index is 12.5. The van der Waals surface area contributed by atoms with Crippen LogP contribution in [0.3, 0.4) is 0 Å². The molecule has 0 radical (unpaired) electrons. The number of benzene rings is 2. The van der Waals surface area contributed by atoms with E-state index in [0.29, 0.717) is 19.7 Å². The number of rotatable bonds is 3. The van der Waals surface area contributed by atoms with Gasteiger partial charge in [-0.15, -0.1) is 0 Å². The van der Waals surface area contributed by atoms with Gasteiger partial charge in [0.2, 0.25) is 0 Å². The molecule has 112 valence electrons. The zero-order valence-electron chi connectivity index (χ0n) is 10.2. The first-order chi connectivity index (χ1) is 9.70. The maximum atomic E-state index is 12.5. The molecule has 2 aromatic carbocycles. The summed E-state index contributed by atoms with van der Waals surface area (Å²) >= 11 is 15.8. The SMILES string of the molecule is Nc1ccc(Cl)cc1S(=O)(=O)Nc1c(Br)cc(Br)cc1Br. The molecule has 0 unspecified atom stereocenters. The van der Waals surface area contributed by atoms with E-state index in [1.54, 1.807) is 12.1 Å². The monoisotopic (exact) mass is 516 g/mol. The van der Waals surface area contributed by atoms with Crippen LogP contribution in [-0.4, -0.2) is 8.42 Å².